The Hall–Kier alpha value is -1.42. The van der Waals surface area contributed by atoms with Gasteiger partial charge >= 0.3 is 0 Å². The molecular formula is C20H27FN2O. The van der Waals surface area contributed by atoms with Crippen LogP contribution in [-0.2, 0) is 11.2 Å². The Kier molecular flexibility index (Phi) is 4.33. The first kappa shape index (κ1) is 16.1. The van der Waals surface area contributed by atoms with Gasteiger partial charge in [-0.05, 0) is 55.2 Å². The van der Waals surface area contributed by atoms with E-state index in [1.54, 1.807) is 19.1 Å². The van der Waals surface area contributed by atoms with E-state index in [9.17, 15) is 9.18 Å². The topological polar surface area (TPSA) is 23.6 Å². The average Bonchev–Trinajstić information content (AvgIpc) is 3.08. The van der Waals surface area contributed by atoms with E-state index in [1.165, 1.54) is 32.4 Å². The summed E-state index contributed by atoms with van der Waals surface area (Å²) >= 11 is 0. The minimum Gasteiger partial charge on any atom is -0.339 e. The van der Waals surface area contributed by atoms with E-state index in [2.05, 4.69) is 4.90 Å². The fourth-order valence-corrected chi connectivity index (χ4v) is 4.66. The fraction of sp³-hybridized carbons (Fsp3) is 0.650. The molecule has 3 fully saturated rings. The third kappa shape index (κ3) is 3.08. The lowest BCUT2D eigenvalue weighted by atomic mass is 10.0. The second-order valence-corrected chi connectivity index (χ2v) is 7.94. The Morgan fingerprint density at radius 1 is 1.17 bits per heavy atom. The summed E-state index contributed by atoms with van der Waals surface area (Å²) in [4.78, 5) is 16.9. The van der Waals surface area contributed by atoms with E-state index in [1.807, 2.05) is 11.0 Å². The molecule has 0 radical (unpaired) electrons. The molecule has 0 bridgehead atoms. The van der Waals surface area contributed by atoms with Crippen LogP contribution in [0.15, 0.2) is 18.2 Å². The molecular weight excluding hydrogens is 303 g/mol. The van der Waals surface area contributed by atoms with Crippen LogP contribution in [0.1, 0.15) is 36.8 Å². The molecule has 3 aliphatic rings. The molecule has 1 amide bonds. The zero-order chi connectivity index (χ0) is 16.7. The SMILES string of the molecule is Cc1ccc(CCC(=O)N2CC(N3CC4CCCC4C3)C2)cc1F. The number of halogens is 1. The summed E-state index contributed by atoms with van der Waals surface area (Å²) < 4.78 is 13.6. The van der Waals surface area contributed by atoms with Crippen molar-refractivity contribution in [3.8, 4) is 0 Å². The monoisotopic (exact) mass is 330 g/mol. The molecule has 1 aromatic carbocycles. The number of fused-ring (bicyclic) bond motifs is 1. The van der Waals surface area contributed by atoms with Crippen molar-refractivity contribution in [1.29, 1.82) is 0 Å². The molecule has 24 heavy (non-hydrogen) atoms. The maximum atomic E-state index is 13.6. The predicted octanol–water partition coefficient (Wildman–Crippen LogP) is 3.01. The molecule has 1 saturated carbocycles. The largest absolute Gasteiger partial charge is 0.339 e. The summed E-state index contributed by atoms with van der Waals surface area (Å²) in [5.74, 6) is 1.88. The van der Waals surface area contributed by atoms with Gasteiger partial charge in [0.2, 0.25) is 5.91 Å². The molecule has 3 nitrogen and oxygen atoms in total. The van der Waals surface area contributed by atoms with Gasteiger partial charge in [0, 0.05) is 38.6 Å². The van der Waals surface area contributed by atoms with Crippen LogP contribution in [0.4, 0.5) is 4.39 Å². The molecule has 0 aromatic heterocycles. The fourth-order valence-electron chi connectivity index (χ4n) is 4.66. The minimum atomic E-state index is -0.177. The van der Waals surface area contributed by atoms with E-state index < -0.39 is 0 Å². The molecule has 2 aliphatic heterocycles. The molecule has 130 valence electrons. The summed E-state index contributed by atoms with van der Waals surface area (Å²) in [6, 6.07) is 5.85. The lowest BCUT2D eigenvalue weighted by Crippen LogP contribution is -2.60. The van der Waals surface area contributed by atoms with Gasteiger partial charge in [-0.3, -0.25) is 9.69 Å². The minimum absolute atomic E-state index is 0.177. The van der Waals surface area contributed by atoms with Crippen LogP contribution < -0.4 is 0 Å². The van der Waals surface area contributed by atoms with E-state index >= 15 is 0 Å². The van der Waals surface area contributed by atoms with Crippen LogP contribution in [-0.4, -0.2) is 47.9 Å². The van der Waals surface area contributed by atoms with Crippen LogP contribution in [0.5, 0.6) is 0 Å². The van der Waals surface area contributed by atoms with E-state index in [-0.39, 0.29) is 11.7 Å². The Bertz CT molecular complexity index is 614. The van der Waals surface area contributed by atoms with Gasteiger partial charge in [-0.15, -0.1) is 0 Å². The number of rotatable bonds is 4. The molecule has 4 heteroatoms. The Morgan fingerprint density at radius 2 is 1.88 bits per heavy atom. The maximum absolute atomic E-state index is 13.6. The van der Waals surface area contributed by atoms with Crippen molar-refractivity contribution < 1.29 is 9.18 Å². The van der Waals surface area contributed by atoms with Gasteiger partial charge in [0.15, 0.2) is 0 Å². The number of amides is 1. The first-order valence-electron chi connectivity index (χ1n) is 9.37. The van der Waals surface area contributed by atoms with Crippen molar-refractivity contribution in [2.24, 2.45) is 11.8 Å². The number of hydrogen-bond donors (Lipinski definition) is 0. The van der Waals surface area contributed by atoms with Gasteiger partial charge in [-0.2, -0.15) is 0 Å². The van der Waals surface area contributed by atoms with E-state index in [0.29, 0.717) is 24.4 Å². The van der Waals surface area contributed by atoms with Crippen LogP contribution in [0.2, 0.25) is 0 Å². The van der Waals surface area contributed by atoms with Crippen molar-refractivity contribution in [1.82, 2.24) is 9.80 Å². The van der Waals surface area contributed by atoms with Gasteiger partial charge in [0.25, 0.3) is 0 Å². The molecule has 2 saturated heterocycles. The average molecular weight is 330 g/mol. The highest BCUT2D eigenvalue weighted by Crippen LogP contribution is 2.39. The highest BCUT2D eigenvalue weighted by molar-refractivity contribution is 5.77. The van der Waals surface area contributed by atoms with Crippen molar-refractivity contribution in [2.75, 3.05) is 26.2 Å². The number of carbonyl (C=O) groups is 1. The molecule has 4 rings (SSSR count). The normalized spacial score (nSPS) is 27.3. The van der Waals surface area contributed by atoms with Crippen LogP contribution in [0.3, 0.4) is 0 Å². The van der Waals surface area contributed by atoms with E-state index in [0.717, 1.165) is 30.5 Å². The van der Waals surface area contributed by atoms with Crippen LogP contribution in [0.25, 0.3) is 0 Å². The second-order valence-electron chi connectivity index (χ2n) is 7.94. The standard InChI is InChI=1S/C20H27FN2O/c1-14-5-6-15(9-19(14)21)7-8-20(24)23-12-18(13-23)22-10-16-3-2-4-17(16)11-22/h5-6,9,16-18H,2-4,7-8,10-13H2,1H3. The molecule has 2 atom stereocenters. The number of likely N-dealkylation sites (tertiary alicyclic amines) is 2. The third-order valence-electron chi connectivity index (χ3n) is 6.35. The lowest BCUT2D eigenvalue weighted by Gasteiger charge is -2.44. The van der Waals surface area contributed by atoms with Crippen molar-refractivity contribution in [3.05, 3.63) is 35.1 Å². The molecule has 1 aliphatic carbocycles. The van der Waals surface area contributed by atoms with Gasteiger partial charge in [0.05, 0.1) is 0 Å². The first-order valence-corrected chi connectivity index (χ1v) is 9.37. The Labute approximate surface area is 143 Å². The van der Waals surface area contributed by atoms with E-state index in [4.69, 9.17) is 0 Å². The van der Waals surface area contributed by atoms with Gasteiger partial charge in [-0.1, -0.05) is 18.6 Å². The van der Waals surface area contributed by atoms with Crippen molar-refractivity contribution >= 4 is 5.91 Å². The van der Waals surface area contributed by atoms with Crippen LogP contribution >= 0.6 is 0 Å². The summed E-state index contributed by atoms with van der Waals surface area (Å²) in [5.41, 5.74) is 1.57. The van der Waals surface area contributed by atoms with Crippen LogP contribution in [0, 0.1) is 24.6 Å². The maximum Gasteiger partial charge on any atom is 0.223 e. The number of carbonyl (C=O) groups excluding carboxylic acids is 1. The molecule has 2 unspecified atom stereocenters. The van der Waals surface area contributed by atoms with Crippen molar-refractivity contribution in [3.63, 3.8) is 0 Å². The highest BCUT2D eigenvalue weighted by Gasteiger charge is 2.42. The summed E-state index contributed by atoms with van der Waals surface area (Å²) in [6.45, 7) is 6.04. The molecule has 2 heterocycles. The lowest BCUT2D eigenvalue weighted by molar-refractivity contribution is -0.138. The number of aryl methyl sites for hydroxylation is 2. The zero-order valence-electron chi connectivity index (χ0n) is 14.5. The Balaban J connectivity index is 1.22. The highest BCUT2D eigenvalue weighted by atomic mass is 19.1. The Morgan fingerprint density at radius 3 is 2.54 bits per heavy atom. The smallest absolute Gasteiger partial charge is 0.223 e. The van der Waals surface area contributed by atoms with Gasteiger partial charge in [-0.25, -0.2) is 4.39 Å². The predicted molar refractivity (Wildman–Crippen MR) is 92.2 cm³/mol. The summed E-state index contributed by atoms with van der Waals surface area (Å²) in [7, 11) is 0. The second kappa shape index (κ2) is 6.47. The first-order chi connectivity index (χ1) is 11.6. The number of nitrogens with zero attached hydrogens (tertiary/aromatic N) is 2. The molecule has 0 spiro atoms. The third-order valence-corrected chi connectivity index (χ3v) is 6.35. The zero-order valence-corrected chi connectivity index (χ0v) is 14.5. The van der Waals surface area contributed by atoms with Crippen molar-refractivity contribution in [2.45, 2.75) is 45.1 Å². The molecule has 0 N–H and O–H groups in total. The van der Waals surface area contributed by atoms with Gasteiger partial charge < -0.3 is 4.90 Å². The quantitative estimate of drug-likeness (QED) is 0.847. The summed E-state index contributed by atoms with van der Waals surface area (Å²) in [6.07, 6.45) is 5.34. The number of benzene rings is 1. The molecule has 1 aromatic rings. The summed E-state index contributed by atoms with van der Waals surface area (Å²) in [5, 5.41) is 0. The number of hydrogen-bond acceptors (Lipinski definition) is 2. The van der Waals surface area contributed by atoms with Gasteiger partial charge in [0.1, 0.15) is 5.82 Å².